The molecule has 1 aliphatic heterocycles. The molecule has 2 N–H and O–H groups in total. The predicted molar refractivity (Wildman–Crippen MR) is 80.9 cm³/mol. The van der Waals surface area contributed by atoms with Crippen LogP contribution in [0.3, 0.4) is 0 Å². The molecule has 7 heteroatoms. The lowest BCUT2D eigenvalue weighted by molar-refractivity contribution is 0.0464. The minimum Gasteiger partial charge on any atom is -0.444 e. The Labute approximate surface area is 126 Å². The summed E-state index contributed by atoms with van der Waals surface area (Å²) in [7, 11) is -2.79. The van der Waals surface area contributed by atoms with Gasteiger partial charge in [0, 0.05) is 12.1 Å². The molecule has 1 atom stereocenters. The van der Waals surface area contributed by atoms with E-state index in [0.717, 1.165) is 25.8 Å². The van der Waals surface area contributed by atoms with Crippen LogP contribution in [0.15, 0.2) is 0 Å². The SMILES string of the molecule is CC(C)(C)OC(=O)NC1CC(NCC2CCS(=O)(=O)C2)C1. The normalized spacial score (nSPS) is 31.5. The average Bonchev–Trinajstić information content (AvgIpc) is 2.58. The van der Waals surface area contributed by atoms with Gasteiger partial charge in [-0.15, -0.1) is 0 Å². The number of sulfone groups is 1. The van der Waals surface area contributed by atoms with Gasteiger partial charge in [0.25, 0.3) is 0 Å². The molecule has 2 fully saturated rings. The molecule has 0 bridgehead atoms. The van der Waals surface area contributed by atoms with Crippen molar-refractivity contribution in [2.45, 2.75) is 57.7 Å². The quantitative estimate of drug-likeness (QED) is 0.810. The summed E-state index contributed by atoms with van der Waals surface area (Å²) in [6.45, 7) is 6.27. The van der Waals surface area contributed by atoms with Gasteiger partial charge < -0.3 is 15.4 Å². The number of hydrogen-bond acceptors (Lipinski definition) is 5. The molecule has 122 valence electrons. The van der Waals surface area contributed by atoms with Gasteiger partial charge >= 0.3 is 6.09 Å². The Bertz CT molecular complexity index is 478. The van der Waals surface area contributed by atoms with Crippen molar-refractivity contribution < 1.29 is 17.9 Å². The molecule has 1 amide bonds. The Balaban J connectivity index is 1.59. The molecular formula is C14H26N2O4S. The van der Waals surface area contributed by atoms with Gasteiger partial charge in [-0.1, -0.05) is 0 Å². The Kier molecular flexibility index (Phi) is 4.82. The van der Waals surface area contributed by atoms with Gasteiger partial charge in [0.15, 0.2) is 9.84 Å². The standard InChI is InChI=1S/C14H26N2O4S/c1-14(2,3)20-13(17)16-12-6-11(7-12)15-8-10-4-5-21(18,19)9-10/h10-12,15H,4-9H2,1-3H3,(H,16,17). The molecule has 6 nitrogen and oxygen atoms in total. The van der Waals surface area contributed by atoms with Crippen molar-refractivity contribution in [3.63, 3.8) is 0 Å². The average molecular weight is 318 g/mol. The van der Waals surface area contributed by atoms with E-state index in [1.807, 2.05) is 20.8 Å². The predicted octanol–water partition coefficient (Wildman–Crippen LogP) is 1.07. The Morgan fingerprint density at radius 3 is 2.43 bits per heavy atom. The zero-order valence-electron chi connectivity index (χ0n) is 13.0. The number of carbonyl (C=O) groups is 1. The summed E-state index contributed by atoms with van der Waals surface area (Å²) >= 11 is 0. The molecule has 2 rings (SSSR count). The highest BCUT2D eigenvalue weighted by molar-refractivity contribution is 7.91. The first-order valence-electron chi connectivity index (χ1n) is 7.56. The summed E-state index contributed by atoms with van der Waals surface area (Å²) in [4.78, 5) is 11.6. The number of rotatable bonds is 4. The third-order valence-electron chi connectivity index (χ3n) is 3.88. The van der Waals surface area contributed by atoms with Gasteiger partial charge in [-0.3, -0.25) is 0 Å². The van der Waals surface area contributed by atoms with Crippen LogP contribution in [0.5, 0.6) is 0 Å². The molecular weight excluding hydrogens is 292 g/mol. The van der Waals surface area contributed by atoms with Crippen LogP contribution < -0.4 is 10.6 Å². The minimum atomic E-state index is -2.79. The van der Waals surface area contributed by atoms with E-state index in [9.17, 15) is 13.2 Å². The number of carbonyl (C=O) groups excluding carboxylic acids is 1. The zero-order valence-corrected chi connectivity index (χ0v) is 13.8. The fourth-order valence-corrected chi connectivity index (χ4v) is 4.60. The molecule has 0 radical (unpaired) electrons. The molecule has 0 aromatic rings. The van der Waals surface area contributed by atoms with Gasteiger partial charge in [-0.05, 0) is 52.5 Å². The second-order valence-electron chi connectivity index (χ2n) is 7.19. The summed E-state index contributed by atoms with van der Waals surface area (Å²) in [5.41, 5.74) is -0.473. The van der Waals surface area contributed by atoms with Crippen LogP contribution in [0.4, 0.5) is 4.79 Å². The van der Waals surface area contributed by atoms with Gasteiger partial charge in [-0.2, -0.15) is 0 Å². The highest BCUT2D eigenvalue weighted by Gasteiger charge is 2.33. The third-order valence-corrected chi connectivity index (χ3v) is 5.72. The topological polar surface area (TPSA) is 84.5 Å². The van der Waals surface area contributed by atoms with Gasteiger partial charge in [-0.25, -0.2) is 13.2 Å². The summed E-state index contributed by atoms with van der Waals surface area (Å²) in [6.07, 6.45) is 2.15. The first kappa shape index (κ1) is 16.5. The maximum atomic E-state index is 11.6. The van der Waals surface area contributed by atoms with Crippen molar-refractivity contribution in [3.8, 4) is 0 Å². The van der Waals surface area contributed by atoms with Crippen LogP contribution in [0.1, 0.15) is 40.0 Å². The lowest BCUT2D eigenvalue weighted by Crippen LogP contribution is -2.53. The van der Waals surface area contributed by atoms with Crippen molar-refractivity contribution in [1.82, 2.24) is 10.6 Å². The molecule has 2 aliphatic rings. The molecule has 1 heterocycles. The van der Waals surface area contributed by atoms with Crippen molar-refractivity contribution >= 4 is 15.9 Å². The number of ether oxygens (including phenoxy) is 1. The van der Waals surface area contributed by atoms with Crippen LogP contribution >= 0.6 is 0 Å². The van der Waals surface area contributed by atoms with E-state index in [0.29, 0.717) is 17.5 Å². The molecule has 0 spiro atoms. The van der Waals surface area contributed by atoms with Crippen LogP contribution in [0.25, 0.3) is 0 Å². The van der Waals surface area contributed by atoms with Crippen LogP contribution in [-0.4, -0.2) is 50.2 Å². The van der Waals surface area contributed by atoms with E-state index in [1.54, 1.807) is 0 Å². The number of amides is 1. The van der Waals surface area contributed by atoms with Crippen LogP contribution in [0, 0.1) is 5.92 Å². The molecule has 0 aromatic heterocycles. The van der Waals surface area contributed by atoms with Gasteiger partial charge in [0.1, 0.15) is 5.60 Å². The van der Waals surface area contributed by atoms with E-state index in [4.69, 9.17) is 4.74 Å². The van der Waals surface area contributed by atoms with E-state index in [2.05, 4.69) is 10.6 Å². The second-order valence-corrected chi connectivity index (χ2v) is 9.42. The maximum Gasteiger partial charge on any atom is 0.407 e. The lowest BCUT2D eigenvalue weighted by atomic mass is 9.86. The fraction of sp³-hybridized carbons (Fsp3) is 0.929. The number of alkyl carbamates (subject to hydrolysis) is 1. The summed E-state index contributed by atoms with van der Waals surface area (Å²) in [6, 6.07) is 0.526. The molecule has 1 saturated carbocycles. The van der Waals surface area contributed by atoms with Gasteiger partial charge in [0.2, 0.25) is 0 Å². The first-order valence-corrected chi connectivity index (χ1v) is 9.38. The number of hydrogen-bond donors (Lipinski definition) is 2. The molecule has 0 aromatic carbocycles. The largest absolute Gasteiger partial charge is 0.444 e. The monoisotopic (exact) mass is 318 g/mol. The smallest absolute Gasteiger partial charge is 0.407 e. The minimum absolute atomic E-state index is 0.157. The molecule has 1 aliphatic carbocycles. The first-order chi connectivity index (χ1) is 9.63. The summed E-state index contributed by atoms with van der Waals surface area (Å²) < 4.78 is 27.9. The van der Waals surface area contributed by atoms with Crippen LogP contribution in [-0.2, 0) is 14.6 Å². The van der Waals surface area contributed by atoms with E-state index >= 15 is 0 Å². The Hall–Kier alpha value is -0.820. The van der Waals surface area contributed by atoms with Crippen molar-refractivity contribution in [3.05, 3.63) is 0 Å². The fourth-order valence-electron chi connectivity index (χ4n) is 2.74. The number of nitrogens with one attached hydrogen (secondary N) is 2. The Morgan fingerprint density at radius 2 is 1.90 bits per heavy atom. The highest BCUT2D eigenvalue weighted by atomic mass is 32.2. The maximum absolute atomic E-state index is 11.6. The lowest BCUT2D eigenvalue weighted by Gasteiger charge is -2.37. The second kappa shape index (κ2) is 6.12. The van der Waals surface area contributed by atoms with Crippen LogP contribution in [0.2, 0.25) is 0 Å². The highest BCUT2D eigenvalue weighted by Crippen LogP contribution is 2.23. The van der Waals surface area contributed by atoms with E-state index < -0.39 is 15.4 Å². The summed E-state index contributed by atoms with van der Waals surface area (Å²) in [5.74, 6) is 0.881. The zero-order chi connectivity index (χ0) is 15.7. The summed E-state index contributed by atoms with van der Waals surface area (Å²) in [5, 5.41) is 6.24. The van der Waals surface area contributed by atoms with E-state index in [1.165, 1.54) is 0 Å². The van der Waals surface area contributed by atoms with Crippen molar-refractivity contribution in [2.75, 3.05) is 18.1 Å². The van der Waals surface area contributed by atoms with Crippen molar-refractivity contribution in [2.24, 2.45) is 5.92 Å². The molecule has 1 saturated heterocycles. The molecule has 1 unspecified atom stereocenters. The molecule has 21 heavy (non-hydrogen) atoms. The third kappa shape index (κ3) is 5.47. The van der Waals surface area contributed by atoms with Gasteiger partial charge in [0.05, 0.1) is 11.5 Å². The van der Waals surface area contributed by atoms with Crippen molar-refractivity contribution in [1.29, 1.82) is 0 Å². The Morgan fingerprint density at radius 1 is 1.24 bits per heavy atom. The van der Waals surface area contributed by atoms with E-state index in [-0.39, 0.29) is 18.1 Å².